The molecule has 0 aliphatic rings. The van der Waals surface area contributed by atoms with Crippen LogP contribution in [0.1, 0.15) is 25.0 Å². The van der Waals surface area contributed by atoms with E-state index in [0.717, 1.165) is 5.58 Å². The molecular weight excluding hydrogens is 186 g/mol. The van der Waals surface area contributed by atoms with Gasteiger partial charge in [0, 0.05) is 22.9 Å². The van der Waals surface area contributed by atoms with E-state index in [1.807, 2.05) is 6.26 Å². The highest BCUT2D eigenvalue weighted by atomic mass is 16.3. The van der Waals surface area contributed by atoms with Gasteiger partial charge in [0.15, 0.2) is 0 Å². The molecule has 2 nitrogen and oxygen atoms in total. The molecule has 2 heteroatoms. The Balaban J connectivity index is 2.64. The number of fused-ring (bicyclic) bond motifs is 1. The van der Waals surface area contributed by atoms with Crippen molar-refractivity contribution in [3.05, 3.63) is 35.6 Å². The number of nitrogens with two attached hydrogens (primary N) is 1. The van der Waals surface area contributed by atoms with Crippen LogP contribution < -0.4 is 5.73 Å². The molecule has 1 aromatic heterocycles. The summed E-state index contributed by atoms with van der Waals surface area (Å²) < 4.78 is 5.56. The molecule has 0 unspecified atom stereocenters. The van der Waals surface area contributed by atoms with E-state index in [9.17, 15) is 0 Å². The zero-order valence-electron chi connectivity index (χ0n) is 9.50. The highest BCUT2D eigenvalue weighted by Crippen LogP contribution is 2.31. The van der Waals surface area contributed by atoms with Crippen LogP contribution in [0.3, 0.4) is 0 Å². The number of rotatable bonds is 2. The van der Waals surface area contributed by atoms with E-state index >= 15 is 0 Å². The standard InChI is InChI=1S/C13H17NO/c1-9-4-5-10-11(13(2,3)8-14)7-15-12(10)6-9/h4-7H,8,14H2,1-3H3. The highest BCUT2D eigenvalue weighted by Gasteiger charge is 2.23. The maximum atomic E-state index is 5.78. The Morgan fingerprint density at radius 3 is 2.73 bits per heavy atom. The molecule has 0 bridgehead atoms. The Kier molecular flexibility index (Phi) is 2.31. The van der Waals surface area contributed by atoms with Crippen LogP contribution >= 0.6 is 0 Å². The first kappa shape index (κ1) is 10.2. The van der Waals surface area contributed by atoms with Gasteiger partial charge >= 0.3 is 0 Å². The lowest BCUT2D eigenvalue weighted by molar-refractivity contribution is 0.523. The molecule has 15 heavy (non-hydrogen) atoms. The van der Waals surface area contributed by atoms with Gasteiger partial charge in [-0.2, -0.15) is 0 Å². The van der Waals surface area contributed by atoms with E-state index in [1.54, 1.807) is 0 Å². The minimum atomic E-state index is -0.0273. The molecule has 0 saturated carbocycles. The maximum Gasteiger partial charge on any atom is 0.134 e. The number of hydrogen-bond acceptors (Lipinski definition) is 2. The fourth-order valence-corrected chi connectivity index (χ4v) is 1.77. The molecule has 80 valence electrons. The van der Waals surface area contributed by atoms with Crippen LogP contribution in [0.15, 0.2) is 28.9 Å². The number of furan rings is 1. The smallest absolute Gasteiger partial charge is 0.134 e. The third-order valence-corrected chi connectivity index (χ3v) is 2.97. The van der Waals surface area contributed by atoms with Crippen LogP contribution in [-0.4, -0.2) is 6.54 Å². The van der Waals surface area contributed by atoms with Crippen molar-refractivity contribution < 1.29 is 4.42 Å². The van der Waals surface area contributed by atoms with E-state index in [4.69, 9.17) is 10.2 Å². The van der Waals surface area contributed by atoms with Gasteiger partial charge in [0.25, 0.3) is 0 Å². The van der Waals surface area contributed by atoms with Crippen LogP contribution in [0.25, 0.3) is 11.0 Å². The Bertz CT molecular complexity index is 482. The van der Waals surface area contributed by atoms with Gasteiger partial charge in [-0.1, -0.05) is 26.0 Å². The van der Waals surface area contributed by atoms with E-state index in [-0.39, 0.29) is 5.41 Å². The molecule has 0 amide bonds. The summed E-state index contributed by atoms with van der Waals surface area (Å²) in [7, 11) is 0. The fraction of sp³-hybridized carbons (Fsp3) is 0.385. The van der Waals surface area contributed by atoms with Crippen molar-refractivity contribution in [2.24, 2.45) is 5.73 Å². The summed E-state index contributed by atoms with van der Waals surface area (Å²) in [5, 5.41) is 1.18. The third kappa shape index (κ3) is 1.65. The topological polar surface area (TPSA) is 39.2 Å². The van der Waals surface area contributed by atoms with Crippen LogP contribution in [-0.2, 0) is 5.41 Å². The van der Waals surface area contributed by atoms with Gasteiger partial charge in [0.05, 0.1) is 6.26 Å². The molecule has 0 aliphatic heterocycles. The molecule has 2 N–H and O–H groups in total. The molecule has 1 heterocycles. The molecule has 2 rings (SSSR count). The van der Waals surface area contributed by atoms with Crippen molar-refractivity contribution in [1.82, 2.24) is 0 Å². The van der Waals surface area contributed by atoms with Gasteiger partial charge in [-0.3, -0.25) is 0 Å². The predicted molar refractivity (Wildman–Crippen MR) is 63.0 cm³/mol. The molecule has 2 aromatic rings. The Hall–Kier alpha value is -1.28. The minimum Gasteiger partial charge on any atom is -0.464 e. The summed E-state index contributed by atoms with van der Waals surface area (Å²) in [6, 6.07) is 6.28. The van der Waals surface area contributed by atoms with Crippen LogP contribution in [0.4, 0.5) is 0 Å². The summed E-state index contributed by atoms with van der Waals surface area (Å²) in [5.41, 5.74) is 9.11. The SMILES string of the molecule is Cc1ccc2c(C(C)(C)CN)coc2c1. The average molecular weight is 203 g/mol. The van der Waals surface area contributed by atoms with Gasteiger partial charge in [0.2, 0.25) is 0 Å². The van der Waals surface area contributed by atoms with Gasteiger partial charge in [-0.15, -0.1) is 0 Å². The largest absolute Gasteiger partial charge is 0.464 e. The van der Waals surface area contributed by atoms with Crippen LogP contribution in [0.5, 0.6) is 0 Å². The molecule has 0 fully saturated rings. The molecule has 0 aliphatic carbocycles. The maximum absolute atomic E-state index is 5.78. The van der Waals surface area contributed by atoms with Crippen molar-refractivity contribution in [2.75, 3.05) is 6.54 Å². The summed E-state index contributed by atoms with van der Waals surface area (Å²) in [4.78, 5) is 0. The van der Waals surface area contributed by atoms with Crippen molar-refractivity contribution in [3.63, 3.8) is 0 Å². The predicted octanol–water partition coefficient (Wildman–Crippen LogP) is 2.98. The van der Waals surface area contributed by atoms with Crippen LogP contribution in [0, 0.1) is 6.92 Å². The lowest BCUT2D eigenvalue weighted by Gasteiger charge is -2.20. The first-order valence-electron chi connectivity index (χ1n) is 5.23. The summed E-state index contributed by atoms with van der Waals surface area (Å²) >= 11 is 0. The van der Waals surface area contributed by atoms with Gasteiger partial charge in [-0.25, -0.2) is 0 Å². The average Bonchev–Trinajstić information content (AvgIpc) is 2.61. The molecule has 0 radical (unpaired) electrons. The fourth-order valence-electron chi connectivity index (χ4n) is 1.77. The second-order valence-electron chi connectivity index (χ2n) is 4.74. The Morgan fingerprint density at radius 2 is 2.07 bits per heavy atom. The van der Waals surface area contributed by atoms with E-state index < -0.39 is 0 Å². The van der Waals surface area contributed by atoms with Gasteiger partial charge < -0.3 is 10.2 Å². The minimum absolute atomic E-state index is 0.0273. The third-order valence-electron chi connectivity index (χ3n) is 2.97. The monoisotopic (exact) mass is 203 g/mol. The Morgan fingerprint density at radius 1 is 1.33 bits per heavy atom. The lowest BCUT2D eigenvalue weighted by Crippen LogP contribution is -2.27. The molecule has 0 spiro atoms. The Labute approximate surface area is 90.1 Å². The van der Waals surface area contributed by atoms with E-state index in [2.05, 4.69) is 39.0 Å². The number of aryl methyl sites for hydroxylation is 1. The van der Waals surface area contributed by atoms with Crippen molar-refractivity contribution >= 4 is 11.0 Å². The second kappa shape index (κ2) is 3.38. The van der Waals surface area contributed by atoms with Crippen molar-refractivity contribution in [3.8, 4) is 0 Å². The molecule has 0 atom stereocenters. The zero-order valence-corrected chi connectivity index (χ0v) is 9.50. The van der Waals surface area contributed by atoms with Gasteiger partial charge in [0.1, 0.15) is 5.58 Å². The second-order valence-corrected chi connectivity index (χ2v) is 4.74. The summed E-state index contributed by atoms with van der Waals surface area (Å²) in [6.07, 6.45) is 1.83. The zero-order chi connectivity index (χ0) is 11.1. The van der Waals surface area contributed by atoms with Crippen molar-refractivity contribution in [1.29, 1.82) is 0 Å². The van der Waals surface area contributed by atoms with Gasteiger partial charge in [-0.05, 0) is 18.6 Å². The summed E-state index contributed by atoms with van der Waals surface area (Å²) in [6.45, 7) is 6.96. The quantitative estimate of drug-likeness (QED) is 0.815. The van der Waals surface area contributed by atoms with Crippen LogP contribution in [0.2, 0.25) is 0 Å². The number of benzene rings is 1. The molecular formula is C13H17NO. The lowest BCUT2D eigenvalue weighted by atomic mass is 9.84. The van der Waals surface area contributed by atoms with E-state index in [1.165, 1.54) is 16.5 Å². The molecule has 1 aromatic carbocycles. The summed E-state index contributed by atoms with van der Waals surface area (Å²) in [5.74, 6) is 0. The highest BCUT2D eigenvalue weighted by molar-refractivity contribution is 5.82. The number of hydrogen-bond donors (Lipinski definition) is 1. The first-order valence-corrected chi connectivity index (χ1v) is 5.23. The molecule has 0 saturated heterocycles. The normalized spacial score (nSPS) is 12.3. The first-order chi connectivity index (χ1) is 7.04. The van der Waals surface area contributed by atoms with E-state index in [0.29, 0.717) is 6.54 Å². The van der Waals surface area contributed by atoms with Crippen molar-refractivity contribution in [2.45, 2.75) is 26.2 Å².